The molecule has 0 spiro atoms. The molecule has 0 radical (unpaired) electrons. The molecule has 0 rings (SSSR count). The maximum absolute atomic E-state index is 11.0. The maximum Gasteiger partial charge on any atom is 0.305 e. The van der Waals surface area contributed by atoms with Crippen LogP contribution >= 0.6 is 0 Å². The molecule has 0 aromatic carbocycles. The molecule has 0 aliphatic carbocycles. The lowest BCUT2D eigenvalue weighted by Gasteiger charge is -2.20. The normalized spacial score (nSPS) is 10.9. The minimum absolute atomic E-state index is 0.173. The van der Waals surface area contributed by atoms with Crippen molar-refractivity contribution >= 4 is 20.0 Å². The van der Waals surface area contributed by atoms with Crippen molar-refractivity contribution < 1.29 is 19.1 Å². The molecule has 0 amide bonds. The van der Waals surface area contributed by atoms with Gasteiger partial charge in [0.1, 0.15) is 0 Å². The highest BCUT2D eigenvalue weighted by Gasteiger charge is 2.23. The molecule has 0 saturated heterocycles. The summed E-state index contributed by atoms with van der Waals surface area (Å²) in [7, 11) is 1.33. The van der Waals surface area contributed by atoms with Crippen LogP contribution in [0.15, 0.2) is 0 Å². The largest absolute Gasteiger partial charge is 0.469 e. The lowest BCUT2D eigenvalue weighted by Crippen LogP contribution is -2.27. The third-order valence-corrected chi connectivity index (χ3v) is 5.67. The van der Waals surface area contributed by atoms with E-state index in [1.807, 2.05) is 0 Å². The van der Waals surface area contributed by atoms with Crippen LogP contribution in [-0.4, -0.2) is 34.2 Å². The fourth-order valence-corrected chi connectivity index (χ4v) is 3.22. The second-order valence-electron chi connectivity index (χ2n) is 4.32. The number of hydrogen-bond donors (Lipinski definition) is 0. The highest BCUT2D eigenvalue weighted by molar-refractivity contribution is 6.77. The molecule has 0 aliphatic rings. The maximum atomic E-state index is 11.0. The lowest BCUT2D eigenvalue weighted by molar-refractivity contribution is -0.140. The first-order chi connectivity index (χ1) is 6.91. The van der Waals surface area contributed by atoms with E-state index in [0.717, 1.165) is 12.1 Å². The second-order valence-corrected chi connectivity index (χ2v) is 9.64. The Morgan fingerprint density at radius 2 is 1.27 bits per heavy atom. The molecular weight excluding hydrogens is 212 g/mol. The quantitative estimate of drug-likeness (QED) is 0.518. The fourth-order valence-electron chi connectivity index (χ4n) is 1.21. The topological polar surface area (TPSA) is 52.6 Å². The van der Waals surface area contributed by atoms with Crippen LogP contribution in [0.25, 0.3) is 0 Å². The van der Waals surface area contributed by atoms with Gasteiger partial charge in [0.2, 0.25) is 0 Å². The first-order valence-corrected chi connectivity index (χ1v) is 8.46. The predicted octanol–water partition coefficient (Wildman–Crippen LogP) is 1.82. The van der Waals surface area contributed by atoms with E-state index in [1.165, 1.54) is 14.2 Å². The number of carbonyl (C=O) groups excluding carboxylic acids is 2. The number of esters is 2. The summed E-state index contributed by atoms with van der Waals surface area (Å²) in [5, 5.41) is 0. The van der Waals surface area contributed by atoms with Crippen molar-refractivity contribution in [2.75, 3.05) is 14.2 Å². The van der Waals surface area contributed by atoms with Crippen molar-refractivity contribution in [3.63, 3.8) is 0 Å². The SMILES string of the molecule is COC(=O)CC[Si](C)(C)CCC(=O)OC. The minimum Gasteiger partial charge on any atom is -0.469 e. The standard InChI is InChI=1S/C10H20O4Si/c1-13-9(11)5-7-15(3,4)8-6-10(12)14-2/h5-8H2,1-4H3. The van der Waals surface area contributed by atoms with Crippen LogP contribution in [0.1, 0.15) is 12.8 Å². The van der Waals surface area contributed by atoms with Crippen molar-refractivity contribution in [3.8, 4) is 0 Å². The Labute approximate surface area is 92.0 Å². The Kier molecular flexibility index (Phi) is 6.23. The van der Waals surface area contributed by atoms with Crippen LogP contribution in [-0.2, 0) is 19.1 Å². The van der Waals surface area contributed by atoms with Crippen LogP contribution in [0.3, 0.4) is 0 Å². The zero-order valence-electron chi connectivity index (χ0n) is 9.96. The van der Waals surface area contributed by atoms with Gasteiger partial charge < -0.3 is 9.47 Å². The summed E-state index contributed by atoms with van der Waals surface area (Å²) in [6.07, 6.45) is 0.911. The number of hydrogen-bond acceptors (Lipinski definition) is 4. The van der Waals surface area contributed by atoms with Gasteiger partial charge in [-0.3, -0.25) is 9.59 Å². The number of methoxy groups -OCH3 is 2. The highest BCUT2D eigenvalue weighted by atomic mass is 28.3. The molecule has 5 heteroatoms. The van der Waals surface area contributed by atoms with Crippen LogP contribution in [0.4, 0.5) is 0 Å². The van der Waals surface area contributed by atoms with E-state index in [2.05, 4.69) is 22.6 Å². The first kappa shape index (κ1) is 14.2. The van der Waals surface area contributed by atoms with Crippen molar-refractivity contribution in [2.45, 2.75) is 38.0 Å². The third kappa shape index (κ3) is 7.13. The third-order valence-electron chi connectivity index (χ3n) is 2.47. The van der Waals surface area contributed by atoms with Gasteiger partial charge in [-0.2, -0.15) is 0 Å². The van der Waals surface area contributed by atoms with Crippen LogP contribution in [0.5, 0.6) is 0 Å². The van der Waals surface area contributed by atoms with E-state index in [1.54, 1.807) is 0 Å². The summed E-state index contributed by atoms with van der Waals surface area (Å²) in [5.41, 5.74) is 0. The average molecular weight is 232 g/mol. The van der Waals surface area contributed by atoms with Crippen molar-refractivity contribution in [2.24, 2.45) is 0 Å². The van der Waals surface area contributed by atoms with Crippen LogP contribution in [0.2, 0.25) is 25.2 Å². The summed E-state index contributed by atoms with van der Waals surface area (Å²) in [6, 6.07) is 1.72. The van der Waals surface area contributed by atoms with Crippen LogP contribution < -0.4 is 0 Å². The molecule has 0 aromatic heterocycles. The summed E-state index contributed by atoms with van der Waals surface area (Å²) in [6.45, 7) is 4.33. The van der Waals surface area contributed by atoms with E-state index >= 15 is 0 Å². The van der Waals surface area contributed by atoms with Gasteiger partial charge in [0.15, 0.2) is 0 Å². The molecular formula is C10H20O4Si. The summed E-state index contributed by atoms with van der Waals surface area (Å²) in [4.78, 5) is 21.9. The fraction of sp³-hybridized carbons (Fsp3) is 0.800. The van der Waals surface area contributed by atoms with Crippen LogP contribution in [0, 0.1) is 0 Å². The van der Waals surface area contributed by atoms with Crippen molar-refractivity contribution in [1.82, 2.24) is 0 Å². The van der Waals surface area contributed by atoms with Gasteiger partial charge in [0.25, 0.3) is 0 Å². The van der Waals surface area contributed by atoms with Gasteiger partial charge in [0.05, 0.1) is 14.2 Å². The highest BCUT2D eigenvalue weighted by Crippen LogP contribution is 2.19. The monoisotopic (exact) mass is 232 g/mol. The number of carbonyl (C=O) groups is 2. The predicted molar refractivity (Wildman–Crippen MR) is 60.4 cm³/mol. The summed E-state index contributed by atoms with van der Waals surface area (Å²) in [5.74, 6) is -0.345. The van der Waals surface area contributed by atoms with Gasteiger partial charge in [-0.25, -0.2) is 0 Å². The zero-order valence-corrected chi connectivity index (χ0v) is 11.0. The van der Waals surface area contributed by atoms with Gasteiger partial charge in [-0.15, -0.1) is 0 Å². The minimum atomic E-state index is -1.46. The second kappa shape index (κ2) is 6.61. The number of ether oxygens (including phenoxy) is 2. The Balaban J connectivity index is 3.86. The average Bonchev–Trinajstić information content (AvgIpc) is 2.22. The lowest BCUT2D eigenvalue weighted by atomic mass is 10.5. The first-order valence-electron chi connectivity index (χ1n) is 5.05. The molecule has 88 valence electrons. The molecule has 4 nitrogen and oxygen atoms in total. The summed E-state index contributed by atoms with van der Waals surface area (Å²) < 4.78 is 9.17. The van der Waals surface area contributed by atoms with Gasteiger partial charge in [-0.05, 0) is 12.1 Å². The van der Waals surface area contributed by atoms with Gasteiger partial charge in [0, 0.05) is 20.9 Å². The summed E-state index contributed by atoms with van der Waals surface area (Å²) >= 11 is 0. The van der Waals surface area contributed by atoms with E-state index in [9.17, 15) is 9.59 Å². The Morgan fingerprint density at radius 1 is 0.933 bits per heavy atom. The molecule has 0 unspecified atom stereocenters. The molecule has 0 N–H and O–H groups in total. The smallest absolute Gasteiger partial charge is 0.305 e. The molecule has 0 aromatic rings. The molecule has 0 heterocycles. The Hall–Kier alpha value is -0.843. The van der Waals surface area contributed by atoms with E-state index in [0.29, 0.717) is 12.8 Å². The van der Waals surface area contributed by atoms with Gasteiger partial charge >= 0.3 is 11.9 Å². The molecule has 0 saturated carbocycles. The molecule has 0 atom stereocenters. The van der Waals surface area contributed by atoms with E-state index in [-0.39, 0.29) is 11.9 Å². The molecule has 0 aliphatic heterocycles. The Morgan fingerprint density at radius 3 is 1.53 bits per heavy atom. The molecule has 0 bridgehead atoms. The van der Waals surface area contributed by atoms with Gasteiger partial charge in [-0.1, -0.05) is 13.1 Å². The van der Waals surface area contributed by atoms with E-state index < -0.39 is 8.07 Å². The zero-order chi connectivity index (χ0) is 11.9. The molecule has 15 heavy (non-hydrogen) atoms. The van der Waals surface area contributed by atoms with Crippen molar-refractivity contribution in [3.05, 3.63) is 0 Å². The van der Waals surface area contributed by atoms with E-state index in [4.69, 9.17) is 0 Å². The molecule has 0 fully saturated rings. The van der Waals surface area contributed by atoms with Crippen molar-refractivity contribution in [1.29, 1.82) is 0 Å². The Bertz CT molecular complexity index is 203. The number of rotatable bonds is 6.